The molecule has 2 atom stereocenters. The van der Waals surface area contributed by atoms with E-state index in [9.17, 15) is 0 Å². The lowest BCUT2D eigenvalue weighted by molar-refractivity contribution is -0.0174. The van der Waals surface area contributed by atoms with Crippen LogP contribution in [0.1, 0.15) is 41.5 Å². The fourth-order valence-electron chi connectivity index (χ4n) is 3.39. The van der Waals surface area contributed by atoms with E-state index < -0.39 is 0 Å². The number of guanidine groups is 1. The molecule has 1 rings (SSSR count). The zero-order chi connectivity index (χ0) is 18.1. The third kappa shape index (κ3) is 8.88. The van der Waals surface area contributed by atoms with Gasteiger partial charge >= 0.3 is 0 Å². The molecule has 0 aliphatic carbocycles. The second kappa shape index (κ2) is 13.1. The van der Waals surface area contributed by atoms with Gasteiger partial charge in [0.2, 0.25) is 0 Å². The highest BCUT2D eigenvalue weighted by atomic mass is 127. The van der Waals surface area contributed by atoms with Crippen LogP contribution in [0.5, 0.6) is 0 Å². The largest absolute Gasteiger partial charge is 0.379 e. The van der Waals surface area contributed by atoms with E-state index in [1.165, 1.54) is 0 Å². The van der Waals surface area contributed by atoms with Gasteiger partial charge in [0.15, 0.2) is 5.96 Å². The summed E-state index contributed by atoms with van der Waals surface area (Å²) in [5.74, 6) is 0.884. The van der Waals surface area contributed by atoms with E-state index in [0.29, 0.717) is 24.2 Å². The lowest BCUT2D eigenvalue weighted by Crippen LogP contribution is -2.53. The van der Waals surface area contributed by atoms with Crippen LogP contribution in [0.3, 0.4) is 0 Å². The number of aliphatic imine (C=N–C) groups is 1. The Bertz CT molecular complexity index is 370. The van der Waals surface area contributed by atoms with E-state index in [1.807, 2.05) is 7.05 Å². The van der Waals surface area contributed by atoms with Gasteiger partial charge in [-0.2, -0.15) is 0 Å². The molecule has 0 bridgehead atoms. The first-order valence-corrected chi connectivity index (χ1v) is 9.40. The number of morpholine rings is 1. The SMILES string of the molecule is CN=C(NCCN(C(C)C)C(C)C)NCC(C)N1CCOCC1C.I. The minimum atomic E-state index is 0. The number of nitrogens with one attached hydrogen (secondary N) is 2. The van der Waals surface area contributed by atoms with Crippen LogP contribution in [0.15, 0.2) is 4.99 Å². The van der Waals surface area contributed by atoms with Gasteiger partial charge in [0.25, 0.3) is 0 Å². The summed E-state index contributed by atoms with van der Waals surface area (Å²) < 4.78 is 5.52. The van der Waals surface area contributed by atoms with E-state index in [-0.39, 0.29) is 24.0 Å². The van der Waals surface area contributed by atoms with Crippen LogP contribution in [0.4, 0.5) is 0 Å². The molecule has 0 amide bonds. The predicted octanol–water partition coefficient (Wildman–Crippen LogP) is 2.00. The topological polar surface area (TPSA) is 52.1 Å². The van der Waals surface area contributed by atoms with Crippen molar-refractivity contribution in [2.45, 2.75) is 65.7 Å². The summed E-state index contributed by atoms with van der Waals surface area (Å²) in [4.78, 5) is 9.33. The van der Waals surface area contributed by atoms with Gasteiger partial charge in [0.05, 0.1) is 13.2 Å². The normalized spacial score (nSPS) is 20.7. The summed E-state index contributed by atoms with van der Waals surface area (Å²) in [5, 5.41) is 6.89. The van der Waals surface area contributed by atoms with Gasteiger partial charge in [-0.3, -0.25) is 14.8 Å². The lowest BCUT2D eigenvalue weighted by atomic mass is 10.2. The van der Waals surface area contributed by atoms with Crippen molar-refractivity contribution >= 4 is 29.9 Å². The van der Waals surface area contributed by atoms with Gasteiger partial charge in [-0.25, -0.2) is 0 Å². The third-order valence-corrected chi connectivity index (χ3v) is 4.76. The summed E-state index contributed by atoms with van der Waals surface area (Å²) in [6, 6.07) is 2.07. The Morgan fingerprint density at radius 3 is 2.36 bits per heavy atom. The maximum absolute atomic E-state index is 5.52. The standard InChI is InChI=1S/C18H39N5O.HI/c1-14(2)22(15(3)4)9-8-20-18(19-7)21-12-16(5)23-10-11-24-13-17(23)6;/h14-17H,8-13H2,1-7H3,(H2,19,20,21);1H. The number of ether oxygens (including phenoxy) is 1. The van der Waals surface area contributed by atoms with E-state index in [1.54, 1.807) is 0 Å². The van der Waals surface area contributed by atoms with Crippen LogP contribution in [-0.2, 0) is 4.74 Å². The molecule has 25 heavy (non-hydrogen) atoms. The molecule has 0 aromatic carbocycles. The first-order valence-electron chi connectivity index (χ1n) is 9.40. The predicted molar refractivity (Wildman–Crippen MR) is 118 cm³/mol. The molecule has 0 saturated carbocycles. The summed E-state index contributed by atoms with van der Waals surface area (Å²) >= 11 is 0. The molecule has 0 radical (unpaired) electrons. The Kier molecular flexibility index (Phi) is 13.0. The zero-order valence-electron chi connectivity index (χ0n) is 17.2. The molecule has 0 spiro atoms. The van der Waals surface area contributed by atoms with Crippen LogP contribution >= 0.6 is 24.0 Å². The smallest absolute Gasteiger partial charge is 0.191 e. The quantitative estimate of drug-likeness (QED) is 0.324. The van der Waals surface area contributed by atoms with Crippen molar-refractivity contribution in [1.29, 1.82) is 0 Å². The van der Waals surface area contributed by atoms with Crippen molar-refractivity contribution in [3.63, 3.8) is 0 Å². The van der Waals surface area contributed by atoms with Gasteiger partial charge in [0, 0.05) is 57.4 Å². The Balaban J connectivity index is 0.00000576. The van der Waals surface area contributed by atoms with Crippen molar-refractivity contribution < 1.29 is 4.74 Å². The molecule has 6 nitrogen and oxygen atoms in total. The highest BCUT2D eigenvalue weighted by Crippen LogP contribution is 2.10. The van der Waals surface area contributed by atoms with Gasteiger partial charge in [-0.15, -0.1) is 24.0 Å². The molecule has 1 saturated heterocycles. The molecule has 1 fully saturated rings. The van der Waals surface area contributed by atoms with Crippen molar-refractivity contribution in [3.05, 3.63) is 0 Å². The van der Waals surface area contributed by atoms with E-state index in [4.69, 9.17) is 4.74 Å². The highest BCUT2D eigenvalue weighted by molar-refractivity contribution is 14.0. The van der Waals surface area contributed by atoms with Crippen LogP contribution in [-0.4, -0.2) is 86.4 Å². The van der Waals surface area contributed by atoms with Crippen molar-refractivity contribution in [1.82, 2.24) is 20.4 Å². The molecule has 0 aromatic heterocycles. The molecule has 1 aliphatic rings. The van der Waals surface area contributed by atoms with Crippen LogP contribution in [0.25, 0.3) is 0 Å². The molecule has 150 valence electrons. The molecule has 1 heterocycles. The van der Waals surface area contributed by atoms with Crippen LogP contribution in [0.2, 0.25) is 0 Å². The average Bonchev–Trinajstić information content (AvgIpc) is 2.53. The summed E-state index contributed by atoms with van der Waals surface area (Å²) in [6.07, 6.45) is 0. The maximum Gasteiger partial charge on any atom is 0.191 e. The number of rotatable bonds is 8. The monoisotopic (exact) mass is 469 g/mol. The minimum Gasteiger partial charge on any atom is -0.379 e. The number of hydrogen-bond acceptors (Lipinski definition) is 4. The molecule has 0 aromatic rings. The first-order chi connectivity index (χ1) is 11.4. The minimum absolute atomic E-state index is 0. The third-order valence-electron chi connectivity index (χ3n) is 4.76. The Labute approximate surface area is 172 Å². The van der Waals surface area contributed by atoms with E-state index in [2.05, 4.69) is 67.0 Å². The average molecular weight is 469 g/mol. The molecule has 2 N–H and O–H groups in total. The maximum atomic E-state index is 5.52. The van der Waals surface area contributed by atoms with Crippen LogP contribution < -0.4 is 10.6 Å². The van der Waals surface area contributed by atoms with Gasteiger partial charge in [0.1, 0.15) is 0 Å². The fourth-order valence-corrected chi connectivity index (χ4v) is 3.39. The van der Waals surface area contributed by atoms with Gasteiger partial charge in [-0.05, 0) is 41.5 Å². The highest BCUT2D eigenvalue weighted by Gasteiger charge is 2.23. The van der Waals surface area contributed by atoms with E-state index in [0.717, 1.165) is 45.4 Å². The molecule has 2 unspecified atom stereocenters. The van der Waals surface area contributed by atoms with Crippen molar-refractivity contribution in [2.75, 3.05) is 46.4 Å². The molecule has 1 aliphatic heterocycles. The Morgan fingerprint density at radius 1 is 1.20 bits per heavy atom. The molecule has 7 heteroatoms. The lowest BCUT2D eigenvalue weighted by Gasteiger charge is -2.38. The van der Waals surface area contributed by atoms with Crippen molar-refractivity contribution in [3.8, 4) is 0 Å². The van der Waals surface area contributed by atoms with Gasteiger partial charge in [-0.1, -0.05) is 0 Å². The van der Waals surface area contributed by atoms with E-state index >= 15 is 0 Å². The Hall–Kier alpha value is -0.120. The molecular formula is C18H40IN5O. The fraction of sp³-hybridized carbons (Fsp3) is 0.944. The van der Waals surface area contributed by atoms with Crippen molar-refractivity contribution in [2.24, 2.45) is 4.99 Å². The number of nitrogens with zero attached hydrogens (tertiary/aromatic N) is 3. The summed E-state index contributed by atoms with van der Waals surface area (Å²) in [5.41, 5.74) is 0. The summed E-state index contributed by atoms with van der Waals surface area (Å²) in [7, 11) is 1.83. The Morgan fingerprint density at radius 2 is 1.84 bits per heavy atom. The first kappa shape index (κ1) is 24.9. The second-order valence-corrected chi connectivity index (χ2v) is 7.32. The number of hydrogen-bond donors (Lipinski definition) is 2. The van der Waals surface area contributed by atoms with Crippen LogP contribution in [0, 0.1) is 0 Å². The van der Waals surface area contributed by atoms with Gasteiger partial charge < -0.3 is 15.4 Å². The zero-order valence-corrected chi connectivity index (χ0v) is 19.5. The summed E-state index contributed by atoms with van der Waals surface area (Å²) in [6.45, 7) is 19.0. The second-order valence-electron chi connectivity index (χ2n) is 7.32. The molecular weight excluding hydrogens is 429 g/mol. The number of halogens is 1.